The molecule has 8 atom stereocenters. The fourth-order valence-electron chi connectivity index (χ4n) is 8.57. The number of aliphatic hydroxyl groups is 1. The van der Waals surface area contributed by atoms with E-state index in [4.69, 9.17) is 5.10 Å². The summed E-state index contributed by atoms with van der Waals surface area (Å²) in [4.78, 5) is 4.35. The number of anilines is 1. The van der Waals surface area contributed by atoms with E-state index in [1.54, 1.807) is 0 Å². The van der Waals surface area contributed by atoms with E-state index in [9.17, 15) is 5.11 Å². The molecule has 2 N–H and O–H groups in total. The van der Waals surface area contributed by atoms with E-state index in [1.165, 1.54) is 50.7 Å². The molecule has 4 saturated carbocycles. The summed E-state index contributed by atoms with van der Waals surface area (Å²) in [5.74, 6) is 4.73. The van der Waals surface area contributed by atoms with Crippen molar-refractivity contribution in [2.75, 3.05) is 5.43 Å². The minimum Gasteiger partial charge on any atom is -0.393 e. The maximum Gasteiger partial charge on any atom is 0.146 e. The molecule has 164 valence electrons. The van der Waals surface area contributed by atoms with Crippen LogP contribution < -0.4 is 5.43 Å². The van der Waals surface area contributed by atoms with Crippen molar-refractivity contribution in [1.29, 1.82) is 0 Å². The van der Waals surface area contributed by atoms with Gasteiger partial charge in [-0.05, 0) is 111 Å². The number of hydrogen-bond acceptors (Lipinski definition) is 4. The van der Waals surface area contributed by atoms with Crippen molar-refractivity contribution in [1.82, 2.24) is 4.98 Å². The van der Waals surface area contributed by atoms with Crippen LogP contribution in [0.15, 0.2) is 29.5 Å². The number of nitrogens with one attached hydrogen (secondary N) is 1. The van der Waals surface area contributed by atoms with Crippen molar-refractivity contribution >= 4 is 11.5 Å². The fourth-order valence-corrected chi connectivity index (χ4v) is 8.57. The Hall–Kier alpha value is -1.42. The molecule has 4 fully saturated rings. The van der Waals surface area contributed by atoms with Gasteiger partial charge in [-0.1, -0.05) is 19.9 Å². The zero-order chi connectivity index (χ0) is 20.9. The maximum absolute atomic E-state index is 10.3. The summed E-state index contributed by atoms with van der Waals surface area (Å²) in [5.41, 5.74) is 5.30. The Morgan fingerprint density at radius 3 is 2.63 bits per heavy atom. The Morgan fingerprint density at radius 1 is 1.03 bits per heavy atom. The maximum atomic E-state index is 10.3. The minimum absolute atomic E-state index is 0.0465. The Balaban J connectivity index is 1.34. The first kappa shape index (κ1) is 20.5. The van der Waals surface area contributed by atoms with E-state index in [2.05, 4.69) is 31.2 Å². The lowest BCUT2D eigenvalue weighted by molar-refractivity contribution is -0.123. The van der Waals surface area contributed by atoms with Gasteiger partial charge in [0.1, 0.15) is 5.82 Å². The van der Waals surface area contributed by atoms with Gasteiger partial charge in [-0.25, -0.2) is 4.98 Å². The molecule has 1 unspecified atom stereocenters. The third kappa shape index (κ3) is 3.21. The molecule has 0 saturated heterocycles. The average Bonchev–Trinajstić information content (AvgIpc) is 3.10. The first-order chi connectivity index (χ1) is 14.4. The molecule has 0 amide bonds. The number of fused-ring (bicyclic) bond motifs is 5. The topological polar surface area (TPSA) is 57.5 Å². The predicted molar refractivity (Wildman–Crippen MR) is 122 cm³/mol. The lowest BCUT2D eigenvalue weighted by Gasteiger charge is -2.61. The third-order valence-corrected chi connectivity index (χ3v) is 10.2. The van der Waals surface area contributed by atoms with Crippen molar-refractivity contribution < 1.29 is 5.11 Å². The number of rotatable bonds is 3. The predicted octanol–water partition coefficient (Wildman–Crippen LogP) is 5.89. The summed E-state index contributed by atoms with van der Waals surface area (Å²) >= 11 is 0. The molecule has 1 heterocycles. The monoisotopic (exact) mass is 409 g/mol. The number of aliphatic hydroxyl groups excluding tert-OH is 1. The minimum atomic E-state index is -0.0465. The van der Waals surface area contributed by atoms with Gasteiger partial charge >= 0.3 is 0 Å². The van der Waals surface area contributed by atoms with Gasteiger partial charge in [0, 0.05) is 17.8 Å². The summed E-state index contributed by atoms with van der Waals surface area (Å²) in [5, 5.41) is 15.0. The highest BCUT2D eigenvalue weighted by molar-refractivity contribution is 5.86. The van der Waals surface area contributed by atoms with Gasteiger partial charge in [-0.15, -0.1) is 0 Å². The first-order valence-corrected chi connectivity index (χ1v) is 12.3. The van der Waals surface area contributed by atoms with E-state index in [0.717, 1.165) is 42.3 Å². The van der Waals surface area contributed by atoms with Crippen molar-refractivity contribution in [3.63, 3.8) is 0 Å². The Bertz CT molecular complexity index is 795. The molecule has 0 aromatic carbocycles. The zero-order valence-electron chi connectivity index (χ0n) is 19.0. The van der Waals surface area contributed by atoms with E-state index >= 15 is 0 Å². The number of pyridine rings is 1. The third-order valence-electron chi connectivity index (χ3n) is 10.2. The van der Waals surface area contributed by atoms with Gasteiger partial charge in [0.05, 0.1) is 6.10 Å². The normalized spacial score (nSPS) is 45.9. The van der Waals surface area contributed by atoms with Gasteiger partial charge in [0.15, 0.2) is 0 Å². The molecule has 4 nitrogen and oxygen atoms in total. The van der Waals surface area contributed by atoms with E-state index in [0.29, 0.717) is 16.7 Å². The van der Waals surface area contributed by atoms with Crippen LogP contribution in [0.5, 0.6) is 0 Å². The summed E-state index contributed by atoms with van der Waals surface area (Å²) in [7, 11) is 0. The van der Waals surface area contributed by atoms with Crippen molar-refractivity contribution in [3.05, 3.63) is 24.4 Å². The second-order valence-corrected chi connectivity index (χ2v) is 11.3. The van der Waals surface area contributed by atoms with E-state index in [-0.39, 0.29) is 6.10 Å². The van der Waals surface area contributed by atoms with Crippen LogP contribution in [0, 0.1) is 40.4 Å². The molecular weight excluding hydrogens is 370 g/mol. The van der Waals surface area contributed by atoms with Gasteiger partial charge in [0.25, 0.3) is 0 Å². The quantitative estimate of drug-likeness (QED) is 0.483. The molecule has 5 rings (SSSR count). The van der Waals surface area contributed by atoms with Crippen LogP contribution in [0.3, 0.4) is 0 Å². The summed E-state index contributed by atoms with van der Waals surface area (Å²) < 4.78 is 0. The first-order valence-electron chi connectivity index (χ1n) is 12.3. The molecule has 30 heavy (non-hydrogen) atoms. The second kappa shape index (κ2) is 7.62. The van der Waals surface area contributed by atoms with Crippen LogP contribution >= 0.6 is 0 Å². The Morgan fingerprint density at radius 2 is 1.83 bits per heavy atom. The smallest absolute Gasteiger partial charge is 0.146 e. The van der Waals surface area contributed by atoms with Crippen LogP contribution in [-0.2, 0) is 0 Å². The summed E-state index contributed by atoms with van der Waals surface area (Å²) in [6, 6.07) is 5.90. The van der Waals surface area contributed by atoms with Gasteiger partial charge < -0.3 is 5.11 Å². The molecule has 4 aliphatic rings. The van der Waals surface area contributed by atoms with Crippen molar-refractivity contribution in [2.45, 2.75) is 84.7 Å². The van der Waals surface area contributed by atoms with Gasteiger partial charge in [-0.3, -0.25) is 5.43 Å². The van der Waals surface area contributed by atoms with Crippen molar-refractivity contribution in [3.8, 4) is 0 Å². The zero-order valence-corrected chi connectivity index (χ0v) is 19.0. The van der Waals surface area contributed by atoms with Crippen LogP contribution in [0.1, 0.15) is 78.6 Å². The molecule has 1 aromatic rings. The number of aromatic nitrogens is 1. The molecule has 0 aliphatic heterocycles. The molecule has 0 spiro atoms. The largest absolute Gasteiger partial charge is 0.393 e. The van der Waals surface area contributed by atoms with Crippen molar-refractivity contribution in [2.24, 2.45) is 45.5 Å². The van der Waals surface area contributed by atoms with E-state index < -0.39 is 0 Å². The highest BCUT2D eigenvalue weighted by Crippen LogP contribution is 2.67. The molecule has 4 heteroatoms. The molecule has 1 aromatic heterocycles. The average molecular weight is 410 g/mol. The number of hydrogen-bond donors (Lipinski definition) is 2. The standard InChI is InChI=1S/C26H39N3O/c1-17(28-29-24-6-4-5-15-27-24)21-9-10-22-20-8-7-18-16-19(30)11-13-25(18,2)23(20)12-14-26(21,22)3/h4-6,15,18-23,30H,7-14,16H2,1-3H3,(H,27,29)/b28-17+/t18?,19-,20-,21+,22-,23-,25-,26+/m0/s1. The SMILES string of the molecule is C/C(=N\Nc1ccccn1)[C@H]1CC[C@H]2[C@@H]3CCC4C[C@@H](O)CC[C@]4(C)[C@H]3CC[C@]12C. The molecule has 0 bridgehead atoms. The molecule has 0 radical (unpaired) electrons. The van der Waals surface area contributed by atoms with E-state index in [1.807, 2.05) is 24.4 Å². The van der Waals surface area contributed by atoms with Crippen LogP contribution in [0.25, 0.3) is 0 Å². The van der Waals surface area contributed by atoms with Crippen LogP contribution in [0.2, 0.25) is 0 Å². The summed E-state index contributed by atoms with van der Waals surface area (Å²) in [6.45, 7) is 7.38. The molecular formula is C26H39N3O. The van der Waals surface area contributed by atoms with Crippen LogP contribution in [-0.4, -0.2) is 21.9 Å². The van der Waals surface area contributed by atoms with Crippen LogP contribution in [0.4, 0.5) is 5.82 Å². The van der Waals surface area contributed by atoms with Gasteiger partial charge in [0.2, 0.25) is 0 Å². The lowest BCUT2D eigenvalue weighted by atomic mass is 9.44. The highest BCUT2D eigenvalue weighted by Gasteiger charge is 2.60. The van der Waals surface area contributed by atoms with Gasteiger partial charge in [-0.2, -0.15) is 5.10 Å². The number of hydrazone groups is 1. The molecule has 4 aliphatic carbocycles. The fraction of sp³-hybridized carbons (Fsp3) is 0.769. The second-order valence-electron chi connectivity index (χ2n) is 11.3. The lowest BCUT2D eigenvalue weighted by Crippen LogP contribution is -2.54. The Labute approximate surface area is 182 Å². The number of nitrogens with zero attached hydrogens (tertiary/aromatic N) is 2. The summed E-state index contributed by atoms with van der Waals surface area (Å²) in [6.07, 6.45) is 13.1. The Kier molecular flexibility index (Phi) is 5.20. The highest BCUT2D eigenvalue weighted by atomic mass is 16.3.